The van der Waals surface area contributed by atoms with Gasteiger partial charge in [-0.1, -0.05) is 16.8 Å². The van der Waals surface area contributed by atoms with E-state index in [0.717, 1.165) is 0 Å². The molecule has 0 saturated carbocycles. The summed E-state index contributed by atoms with van der Waals surface area (Å²) < 4.78 is 10.1. The Balaban J connectivity index is 0.00000288. The summed E-state index contributed by atoms with van der Waals surface area (Å²) in [5.41, 5.74) is 5.92. The third kappa shape index (κ3) is 5.64. The third-order valence-electron chi connectivity index (χ3n) is 2.95. The molecule has 2 aromatic rings. The fourth-order valence-electron chi connectivity index (χ4n) is 1.95. The molecule has 0 aliphatic heterocycles. The number of rotatable bonds is 7. The fourth-order valence-corrected chi connectivity index (χ4v) is 2.12. The number of hydrogen-bond acceptors (Lipinski definition) is 7. The molecule has 0 unspecified atom stereocenters. The van der Waals surface area contributed by atoms with E-state index in [0.29, 0.717) is 34.7 Å². The normalized spacial score (nSPS) is 10.4. The van der Waals surface area contributed by atoms with Crippen molar-refractivity contribution in [1.82, 2.24) is 15.0 Å². The first-order chi connectivity index (χ1) is 11.0. The molecule has 0 saturated heterocycles. The predicted octanol–water partition coefficient (Wildman–Crippen LogP) is 1.68. The summed E-state index contributed by atoms with van der Waals surface area (Å²) in [6.45, 7) is 0.692. The Labute approximate surface area is 150 Å². The molecule has 0 fully saturated rings. The highest BCUT2D eigenvalue weighted by Crippen LogP contribution is 2.27. The van der Waals surface area contributed by atoms with Gasteiger partial charge in [-0.15, -0.1) is 12.4 Å². The third-order valence-corrected chi connectivity index (χ3v) is 3.18. The van der Waals surface area contributed by atoms with Crippen molar-refractivity contribution >= 4 is 35.6 Å². The number of nitrogens with two attached hydrogens (primary N) is 1. The van der Waals surface area contributed by atoms with E-state index >= 15 is 0 Å². The van der Waals surface area contributed by atoms with Crippen molar-refractivity contribution < 1.29 is 14.1 Å². The highest BCUT2D eigenvalue weighted by molar-refractivity contribution is 6.31. The second kappa shape index (κ2) is 9.43. The smallest absolute Gasteiger partial charge is 0.240 e. The number of halogens is 2. The van der Waals surface area contributed by atoms with Gasteiger partial charge >= 0.3 is 0 Å². The predicted molar refractivity (Wildman–Crippen MR) is 92.4 cm³/mol. The van der Waals surface area contributed by atoms with Crippen LogP contribution in [0.5, 0.6) is 5.75 Å². The summed E-state index contributed by atoms with van der Waals surface area (Å²) >= 11 is 5.93. The lowest BCUT2D eigenvalue weighted by molar-refractivity contribution is -0.117. The van der Waals surface area contributed by atoms with Gasteiger partial charge < -0.3 is 20.3 Å². The molecule has 24 heavy (non-hydrogen) atoms. The molecule has 1 amide bonds. The van der Waals surface area contributed by atoms with Crippen LogP contribution in [0.15, 0.2) is 22.7 Å². The molecule has 0 aliphatic rings. The highest BCUT2D eigenvalue weighted by atomic mass is 35.5. The zero-order valence-corrected chi connectivity index (χ0v) is 14.9. The number of carbonyl (C=O) groups is 1. The zero-order valence-electron chi connectivity index (χ0n) is 13.3. The van der Waals surface area contributed by atoms with E-state index in [9.17, 15) is 4.79 Å². The van der Waals surface area contributed by atoms with Crippen LogP contribution in [0.25, 0.3) is 0 Å². The molecule has 0 spiro atoms. The van der Waals surface area contributed by atoms with E-state index in [1.165, 1.54) is 7.11 Å². The van der Waals surface area contributed by atoms with Crippen LogP contribution in [0.2, 0.25) is 5.02 Å². The van der Waals surface area contributed by atoms with Crippen LogP contribution in [0, 0.1) is 0 Å². The first kappa shape index (κ1) is 20.2. The monoisotopic (exact) mass is 375 g/mol. The second-order valence-electron chi connectivity index (χ2n) is 4.87. The van der Waals surface area contributed by atoms with Crippen LogP contribution in [0.3, 0.4) is 0 Å². The van der Waals surface area contributed by atoms with Gasteiger partial charge in [0, 0.05) is 5.02 Å². The molecule has 1 aromatic carbocycles. The SMILES string of the molecule is COc1ccc(Cl)cc1NC(=O)CN(C)Cc1noc(CN)n1.Cl. The lowest BCUT2D eigenvalue weighted by Crippen LogP contribution is -2.30. The lowest BCUT2D eigenvalue weighted by atomic mass is 10.3. The number of hydrogen-bond donors (Lipinski definition) is 2. The van der Waals surface area contributed by atoms with Gasteiger partial charge in [-0.05, 0) is 25.2 Å². The number of carbonyl (C=O) groups excluding carboxylic acids is 1. The molecule has 132 valence electrons. The van der Waals surface area contributed by atoms with E-state index in [-0.39, 0.29) is 31.4 Å². The van der Waals surface area contributed by atoms with E-state index < -0.39 is 0 Å². The summed E-state index contributed by atoms with van der Waals surface area (Å²) in [5.74, 6) is 1.16. The summed E-state index contributed by atoms with van der Waals surface area (Å²) in [7, 11) is 3.30. The molecular weight excluding hydrogens is 357 g/mol. The van der Waals surface area contributed by atoms with Gasteiger partial charge in [0.2, 0.25) is 11.8 Å². The summed E-state index contributed by atoms with van der Waals surface area (Å²) in [4.78, 5) is 18.0. The van der Waals surface area contributed by atoms with Crippen molar-refractivity contribution in [3.05, 3.63) is 34.9 Å². The molecule has 10 heteroatoms. The van der Waals surface area contributed by atoms with E-state index in [2.05, 4.69) is 15.5 Å². The number of nitrogens with zero attached hydrogens (tertiary/aromatic N) is 3. The van der Waals surface area contributed by atoms with E-state index in [4.69, 9.17) is 26.6 Å². The minimum atomic E-state index is -0.212. The summed E-state index contributed by atoms with van der Waals surface area (Å²) in [6.07, 6.45) is 0. The van der Waals surface area contributed by atoms with Crippen molar-refractivity contribution in [3.63, 3.8) is 0 Å². The van der Waals surface area contributed by atoms with Gasteiger partial charge in [0.15, 0.2) is 5.82 Å². The number of anilines is 1. The molecule has 2 rings (SSSR count). The number of nitrogens with one attached hydrogen (secondary N) is 1. The molecule has 8 nitrogen and oxygen atoms in total. The number of methoxy groups -OCH3 is 1. The minimum absolute atomic E-state index is 0. The van der Waals surface area contributed by atoms with Crippen LogP contribution < -0.4 is 15.8 Å². The molecule has 1 aromatic heterocycles. The molecule has 3 N–H and O–H groups in total. The first-order valence-electron chi connectivity index (χ1n) is 6.85. The van der Waals surface area contributed by atoms with Crippen LogP contribution in [-0.4, -0.2) is 41.6 Å². The lowest BCUT2D eigenvalue weighted by Gasteiger charge is -2.15. The summed E-state index contributed by atoms with van der Waals surface area (Å²) in [6, 6.07) is 5.01. The maximum atomic E-state index is 12.1. The first-order valence-corrected chi connectivity index (χ1v) is 7.23. The largest absolute Gasteiger partial charge is 0.495 e. The van der Waals surface area contributed by atoms with Crippen LogP contribution in [0.1, 0.15) is 11.7 Å². The Hall–Kier alpha value is -1.87. The van der Waals surface area contributed by atoms with Gasteiger partial charge in [-0.2, -0.15) is 4.98 Å². The Morgan fingerprint density at radius 1 is 1.50 bits per heavy atom. The minimum Gasteiger partial charge on any atom is -0.495 e. The van der Waals surface area contributed by atoms with Crippen molar-refractivity contribution in [2.75, 3.05) is 26.0 Å². The Morgan fingerprint density at radius 3 is 2.88 bits per heavy atom. The second-order valence-corrected chi connectivity index (χ2v) is 5.31. The number of benzene rings is 1. The van der Waals surface area contributed by atoms with Gasteiger partial charge in [0.25, 0.3) is 0 Å². The average molecular weight is 376 g/mol. The van der Waals surface area contributed by atoms with Crippen LogP contribution in [0.4, 0.5) is 5.69 Å². The molecule has 0 radical (unpaired) electrons. The van der Waals surface area contributed by atoms with Gasteiger partial charge in [-0.3, -0.25) is 9.69 Å². The average Bonchev–Trinajstić information content (AvgIpc) is 2.94. The van der Waals surface area contributed by atoms with Gasteiger partial charge in [0.1, 0.15) is 5.75 Å². The standard InChI is InChI=1S/C14H18ClN5O3.ClH/c1-20(7-12-18-14(6-16)23-19-12)8-13(21)17-10-5-9(15)3-4-11(10)22-2;/h3-5H,6-8,16H2,1-2H3,(H,17,21);1H. The molecule has 0 aliphatic carbocycles. The molecular formula is C14H19Cl2N5O3. The molecule has 0 atom stereocenters. The highest BCUT2D eigenvalue weighted by Gasteiger charge is 2.13. The van der Waals surface area contributed by atoms with Crippen molar-refractivity contribution in [3.8, 4) is 5.75 Å². The van der Waals surface area contributed by atoms with Crippen molar-refractivity contribution in [1.29, 1.82) is 0 Å². The maximum absolute atomic E-state index is 12.1. The van der Waals surface area contributed by atoms with Crippen molar-refractivity contribution in [2.24, 2.45) is 5.73 Å². The van der Waals surface area contributed by atoms with Gasteiger partial charge in [-0.25, -0.2) is 0 Å². The van der Waals surface area contributed by atoms with Crippen molar-refractivity contribution in [2.45, 2.75) is 13.1 Å². The quantitative estimate of drug-likeness (QED) is 0.757. The Morgan fingerprint density at radius 2 is 2.25 bits per heavy atom. The van der Waals surface area contributed by atoms with Crippen LogP contribution in [-0.2, 0) is 17.9 Å². The van der Waals surface area contributed by atoms with E-state index in [1.54, 1.807) is 30.1 Å². The molecule has 0 bridgehead atoms. The number of aromatic nitrogens is 2. The van der Waals surface area contributed by atoms with E-state index in [1.807, 2.05) is 0 Å². The molecule has 1 heterocycles. The van der Waals surface area contributed by atoms with Gasteiger partial charge in [0.05, 0.1) is 32.4 Å². The Bertz CT molecular complexity index is 680. The Kier molecular flexibility index (Phi) is 7.93. The number of amides is 1. The fraction of sp³-hybridized carbons (Fsp3) is 0.357. The summed E-state index contributed by atoms with van der Waals surface area (Å²) in [5, 5.41) is 7.05. The number of ether oxygens (including phenoxy) is 1. The maximum Gasteiger partial charge on any atom is 0.240 e. The number of likely N-dealkylation sites (N-methyl/N-ethyl adjacent to an activating group) is 1. The zero-order chi connectivity index (χ0) is 16.8. The topological polar surface area (TPSA) is 107 Å². The van der Waals surface area contributed by atoms with Crippen LogP contribution >= 0.6 is 24.0 Å².